The van der Waals surface area contributed by atoms with Gasteiger partial charge in [-0.05, 0) is 12.8 Å². The third kappa shape index (κ3) is 1.53. The second kappa shape index (κ2) is 2.67. The summed E-state index contributed by atoms with van der Waals surface area (Å²) >= 11 is 6.59. The van der Waals surface area contributed by atoms with Gasteiger partial charge in [-0.1, -0.05) is 22.6 Å². The quantitative estimate of drug-likeness (QED) is 0.456. The molecule has 9 heavy (non-hydrogen) atoms. The lowest BCUT2D eigenvalue weighted by Gasteiger charge is -2.11. The Labute approximate surface area is 74.4 Å². The molecule has 0 heterocycles. The van der Waals surface area contributed by atoms with E-state index in [2.05, 4.69) is 41.3 Å². The molecule has 0 amide bonds. The molecule has 3 heteroatoms. The van der Waals surface area contributed by atoms with Gasteiger partial charge in [0, 0.05) is 11.8 Å². The zero-order valence-corrected chi connectivity index (χ0v) is 8.02. The predicted octanol–water partition coefficient (Wildman–Crippen LogP) is 2.37. The Morgan fingerprint density at radius 3 is 2.44 bits per heavy atom. The summed E-state index contributed by atoms with van der Waals surface area (Å²) in [6.45, 7) is 0. The van der Waals surface area contributed by atoms with Gasteiger partial charge >= 0.3 is 0 Å². The van der Waals surface area contributed by atoms with Gasteiger partial charge in [0.25, 0.3) is 0 Å². The van der Waals surface area contributed by atoms with Gasteiger partial charge in [-0.3, -0.25) is 0 Å². The van der Waals surface area contributed by atoms with Crippen LogP contribution in [0.15, 0.2) is 0 Å². The van der Waals surface area contributed by atoms with Crippen molar-refractivity contribution in [2.24, 2.45) is 5.41 Å². The summed E-state index contributed by atoms with van der Waals surface area (Å²) < 4.78 is 0.370. The molecule has 0 bridgehead atoms. The zero-order chi connectivity index (χ0) is 6.91. The molecule has 0 aromatic heterocycles. The van der Waals surface area contributed by atoms with Crippen LogP contribution in [0.3, 0.4) is 0 Å². The Morgan fingerprint density at radius 1 is 1.78 bits per heavy atom. The number of halogens is 1. The van der Waals surface area contributed by atoms with E-state index < -0.39 is 0 Å². The van der Waals surface area contributed by atoms with Crippen molar-refractivity contribution in [2.45, 2.75) is 22.5 Å². The highest BCUT2D eigenvalue weighted by atomic mass is 127. The summed E-state index contributed by atoms with van der Waals surface area (Å²) in [5.41, 5.74) is 0.290. The van der Waals surface area contributed by atoms with E-state index in [1.165, 1.54) is 12.8 Å². The molecule has 0 N–H and O–H groups in total. The van der Waals surface area contributed by atoms with Gasteiger partial charge in [-0.2, -0.15) is 17.9 Å². The molecule has 1 saturated carbocycles. The first-order valence-electron chi connectivity index (χ1n) is 2.90. The van der Waals surface area contributed by atoms with Crippen LogP contribution in [0, 0.1) is 16.7 Å². The van der Waals surface area contributed by atoms with Gasteiger partial charge in [0.15, 0.2) is 0 Å². The van der Waals surface area contributed by atoms with E-state index >= 15 is 0 Å². The molecule has 1 rings (SSSR count). The summed E-state index contributed by atoms with van der Waals surface area (Å²) in [5.74, 6) is 0. The highest BCUT2D eigenvalue weighted by Crippen LogP contribution is 2.55. The van der Waals surface area contributed by atoms with E-state index in [0.29, 0.717) is 15.1 Å². The van der Waals surface area contributed by atoms with E-state index in [-0.39, 0.29) is 0 Å². The fourth-order valence-electron chi connectivity index (χ4n) is 0.817. The van der Waals surface area contributed by atoms with Gasteiger partial charge in [-0.15, -0.1) is 0 Å². The van der Waals surface area contributed by atoms with Crippen LogP contribution < -0.4 is 0 Å². The molecule has 1 fully saturated rings. The van der Waals surface area contributed by atoms with Gasteiger partial charge in [-0.25, -0.2) is 0 Å². The molecule has 50 valence electrons. The number of alkyl halides is 1. The maximum absolute atomic E-state index is 8.40. The number of nitrogens with zero attached hydrogens (tertiary/aromatic N) is 1. The van der Waals surface area contributed by atoms with E-state index in [1.54, 1.807) is 0 Å². The first kappa shape index (κ1) is 7.67. The summed E-state index contributed by atoms with van der Waals surface area (Å²) in [7, 11) is 0. The van der Waals surface area contributed by atoms with E-state index in [4.69, 9.17) is 5.26 Å². The van der Waals surface area contributed by atoms with Crippen LogP contribution in [-0.4, -0.2) is 3.26 Å². The summed E-state index contributed by atoms with van der Waals surface area (Å²) in [5, 5.41) is 8.40. The van der Waals surface area contributed by atoms with Crippen LogP contribution in [0.25, 0.3) is 0 Å². The lowest BCUT2D eigenvalue weighted by atomic mass is 10.1. The Bertz CT molecular complexity index is 146. The lowest BCUT2D eigenvalue weighted by molar-refractivity contribution is 0.593. The highest BCUT2D eigenvalue weighted by molar-refractivity contribution is 14.1. The summed E-state index contributed by atoms with van der Waals surface area (Å²) in [6.07, 6.45) is 3.07. The molecule has 1 unspecified atom stereocenters. The molecule has 0 aromatic carbocycles. The van der Waals surface area contributed by atoms with Crippen molar-refractivity contribution in [1.82, 2.24) is 0 Å². The zero-order valence-electron chi connectivity index (χ0n) is 4.97. The average Bonchev–Trinajstić information content (AvgIpc) is 2.49. The maximum atomic E-state index is 8.40. The third-order valence-electron chi connectivity index (χ3n) is 1.83. The molecular formula is C6H8INS. The summed E-state index contributed by atoms with van der Waals surface area (Å²) in [6, 6.07) is 2.20. The van der Waals surface area contributed by atoms with Crippen molar-refractivity contribution in [3.8, 4) is 6.07 Å². The monoisotopic (exact) mass is 253 g/mol. The topological polar surface area (TPSA) is 23.8 Å². The smallest absolute Gasteiger partial charge is 0.0628 e. The molecule has 0 radical (unpaired) electrons. The van der Waals surface area contributed by atoms with Crippen molar-refractivity contribution >= 4 is 35.2 Å². The van der Waals surface area contributed by atoms with Crippen molar-refractivity contribution in [1.29, 1.82) is 5.26 Å². The Balaban J connectivity index is 2.45. The number of rotatable bonds is 2. The number of hydrogen-bond acceptors (Lipinski definition) is 2. The van der Waals surface area contributed by atoms with Crippen molar-refractivity contribution < 1.29 is 0 Å². The largest absolute Gasteiger partial charge is 0.198 e. The molecule has 0 saturated heterocycles. The number of thiol groups is 1. The third-order valence-corrected chi connectivity index (χ3v) is 3.70. The molecule has 1 aliphatic rings. The number of nitriles is 1. The van der Waals surface area contributed by atoms with Crippen LogP contribution in [0.5, 0.6) is 0 Å². The second-order valence-electron chi connectivity index (χ2n) is 2.53. The van der Waals surface area contributed by atoms with Crippen LogP contribution in [-0.2, 0) is 0 Å². The Morgan fingerprint density at radius 2 is 2.33 bits per heavy atom. The van der Waals surface area contributed by atoms with Crippen LogP contribution in [0.4, 0.5) is 0 Å². The molecule has 0 spiro atoms. The molecule has 1 nitrogen and oxygen atoms in total. The fraction of sp³-hybridized carbons (Fsp3) is 0.833. The van der Waals surface area contributed by atoms with Crippen LogP contribution >= 0.6 is 35.2 Å². The minimum Gasteiger partial charge on any atom is -0.198 e. The molecule has 0 aromatic rings. The normalized spacial score (nSPS) is 24.6. The predicted molar refractivity (Wildman–Crippen MR) is 48.7 cm³/mol. The Hall–Kier alpha value is 0.570. The van der Waals surface area contributed by atoms with Crippen molar-refractivity contribution in [2.75, 3.05) is 0 Å². The standard InChI is InChI=1S/C6H8INS/c7-5(9)6(1-2-6)3-4-8/h5,9H,1-3H2. The Kier molecular flexibility index (Phi) is 2.27. The number of hydrogen-bond donors (Lipinski definition) is 1. The van der Waals surface area contributed by atoms with E-state index in [9.17, 15) is 0 Å². The molecule has 1 atom stereocenters. The molecular weight excluding hydrogens is 245 g/mol. The van der Waals surface area contributed by atoms with Crippen LogP contribution in [0.2, 0.25) is 0 Å². The summed E-state index contributed by atoms with van der Waals surface area (Å²) in [4.78, 5) is 0. The maximum Gasteiger partial charge on any atom is 0.0628 e. The average molecular weight is 253 g/mol. The van der Waals surface area contributed by atoms with Gasteiger partial charge < -0.3 is 0 Å². The highest BCUT2D eigenvalue weighted by Gasteiger charge is 2.46. The van der Waals surface area contributed by atoms with Gasteiger partial charge in [0.1, 0.15) is 0 Å². The lowest BCUT2D eigenvalue weighted by Crippen LogP contribution is -2.07. The molecule has 1 aliphatic carbocycles. The second-order valence-corrected chi connectivity index (χ2v) is 5.28. The SMILES string of the molecule is N#CCC1(C(S)I)CC1. The van der Waals surface area contributed by atoms with E-state index in [0.717, 1.165) is 0 Å². The van der Waals surface area contributed by atoms with E-state index in [1.807, 2.05) is 0 Å². The first-order valence-corrected chi connectivity index (χ1v) is 4.66. The first-order chi connectivity index (χ1) is 4.21. The van der Waals surface area contributed by atoms with Crippen molar-refractivity contribution in [3.05, 3.63) is 0 Å². The molecule has 0 aliphatic heterocycles. The van der Waals surface area contributed by atoms with Gasteiger partial charge in [0.2, 0.25) is 0 Å². The van der Waals surface area contributed by atoms with Crippen molar-refractivity contribution in [3.63, 3.8) is 0 Å². The van der Waals surface area contributed by atoms with Gasteiger partial charge in [0.05, 0.1) is 9.33 Å². The minimum atomic E-state index is 0.290. The van der Waals surface area contributed by atoms with Crippen LogP contribution in [0.1, 0.15) is 19.3 Å². The minimum absolute atomic E-state index is 0.290. The fourth-order valence-corrected chi connectivity index (χ4v) is 2.01.